The van der Waals surface area contributed by atoms with Gasteiger partial charge in [0.1, 0.15) is 0 Å². The maximum atomic E-state index is 11.2. The Kier molecular flexibility index (Phi) is 5.77. The van der Waals surface area contributed by atoms with E-state index in [9.17, 15) is 4.79 Å². The number of carbonyl (C=O) groups is 1. The monoisotopic (exact) mass is 200 g/mol. The van der Waals surface area contributed by atoms with E-state index >= 15 is 0 Å². The van der Waals surface area contributed by atoms with Crippen LogP contribution in [0.2, 0.25) is 0 Å². The van der Waals surface area contributed by atoms with Gasteiger partial charge in [0.2, 0.25) is 5.91 Å². The highest BCUT2D eigenvalue weighted by Crippen LogP contribution is 1.98. The van der Waals surface area contributed by atoms with Crippen LogP contribution in [0.25, 0.3) is 0 Å². The zero-order valence-electron chi connectivity index (χ0n) is 10.2. The first-order valence-electron chi connectivity index (χ1n) is 5.36. The number of nitrogens with one attached hydrogen (secondary N) is 1. The highest BCUT2D eigenvalue weighted by Gasteiger charge is 2.08. The lowest BCUT2D eigenvalue weighted by Crippen LogP contribution is -2.38. The van der Waals surface area contributed by atoms with Gasteiger partial charge in [0, 0.05) is 25.6 Å². The quantitative estimate of drug-likeness (QED) is 0.684. The van der Waals surface area contributed by atoms with Gasteiger partial charge < -0.3 is 10.2 Å². The van der Waals surface area contributed by atoms with Gasteiger partial charge in [0.15, 0.2) is 0 Å². The van der Waals surface area contributed by atoms with E-state index in [1.165, 1.54) is 0 Å². The molecule has 0 aliphatic rings. The van der Waals surface area contributed by atoms with Crippen LogP contribution in [-0.4, -0.2) is 36.5 Å². The fourth-order valence-electron chi connectivity index (χ4n) is 1.17. The fourth-order valence-corrected chi connectivity index (χ4v) is 1.17. The average molecular weight is 200 g/mol. The van der Waals surface area contributed by atoms with Crippen LogP contribution in [0.3, 0.4) is 0 Å². The third-order valence-corrected chi connectivity index (χ3v) is 2.05. The van der Waals surface area contributed by atoms with Gasteiger partial charge in [-0.2, -0.15) is 0 Å². The predicted molar refractivity (Wildman–Crippen MR) is 60.3 cm³/mol. The van der Waals surface area contributed by atoms with Crippen molar-refractivity contribution in [3.63, 3.8) is 0 Å². The molecule has 0 heterocycles. The topological polar surface area (TPSA) is 32.3 Å². The molecule has 0 saturated heterocycles. The number of nitrogens with zero attached hydrogens (tertiary/aromatic N) is 1. The first-order chi connectivity index (χ1) is 6.37. The number of amides is 1. The van der Waals surface area contributed by atoms with E-state index in [0.29, 0.717) is 6.42 Å². The van der Waals surface area contributed by atoms with Crippen molar-refractivity contribution >= 4 is 5.91 Å². The Labute approximate surface area is 87.9 Å². The van der Waals surface area contributed by atoms with Gasteiger partial charge in [-0.25, -0.2) is 0 Å². The molecule has 0 aromatic heterocycles. The third kappa shape index (κ3) is 6.89. The Morgan fingerprint density at radius 2 is 1.93 bits per heavy atom. The van der Waals surface area contributed by atoms with Gasteiger partial charge in [-0.1, -0.05) is 6.92 Å². The maximum absolute atomic E-state index is 11.2. The van der Waals surface area contributed by atoms with Crippen molar-refractivity contribution in [2.75, 3.05) is 20.1 Å². The highest BCUT2D eigenvalue weighted by atomic mass is 16.2. The lowest BCUT2D eigenvalue weighted by Gasteiger charge is -2.22. The molecule has 0 aliphatic carbocycles. The van der Waals surface area contributed by atoms with Crippen LogP contribution in [0.5, 0.6) is 0 Å². The summed E-state index contributed by atoms with van der Waals surface area (Å²) in [5.41, 5.74) is 0.174. The van der Waals surface area contributed by atoms with Gasteiger partial charge in [-0.05, 0) is 33.7 Å². The summed E-state index contributed by atoms with van der Waals surface area (Å²) in [5.74, 6) is 0.223. The molecule has 0 spiro atoms. The lowest BCUT2D eigenvalue weighted by molar-refractivity contribution is -0.129. The smallest absolute Gasteiger partial charge is 0.222 e. The van der Waals surface area contributed by atoms with E-state index in [4.69, 9.17) is 0 Å². The molecule has 0 aromatic rings. The summed E-state index contributed by atoms with van der Waals surface area (Å²) in [6.45, 7) is 10.1. The molecule has 1 N–H and O–H groups in total. The van der Waals surface area contributed by atoms with Crippen molar-refractivity contribution < 1.29 is 4.79 Å². The van der Waals surface area contributed by atoms with Crippen LogP contribution in [0.4, 0.5) is 0 Å². The highest BCUT2D eigenvalue weighted by molar-refractivity contribution is 5.75. The molecule has 0 radical (unpaired) electrons. The van der Waals surface area contributed by atoms with Crippen LogP contribution in [0.1, 0.15) is 40.5 Å². The van der Waals surface area contributed by atoms with Crippen molar-refractivity contribution in [1.29, 1.82) is 0 Å². The summed E-state index contributed by atoms with van der Waals surface area (Å²) in [6.07, 6.45) is 1.61. The second kappa shape index (κ2) is 6.02. The molecular weight excluding hydrogens is 176 g/mol. The van der Waals surface area contributed by atoms with E-state index < -0.39 is 0 Å². The first-order valence-corrected chi connectivity index (χ1v) is 5.36. The van der Waals surface area contributed by atoms with E-state index in [2.05, 4.69) is 26.1 Å². The SMILES string of the molecule is CCC(=O)N(C)CCCNC(C)(C)C. The number of rotatable bonds is 5. The third-order valence-electron chi connectivity index (χ3n) is 2.05. The maximum Gasteiger partial charge on any atom is 0.222 e. The molecule has 3 nitrogen and oxygen atoms in total. The average Bonchev–Trinajstić information content (AvgIpc) is 2.09. The Morgan fingerprint density at radius 1 is 1.36 bits per heavy atom. The Bertz CT molecular complexity index is 173. The minimum Gasteiger partial charge on any atom is -0.346 e. The van der Waals surface area contributed by atoms with Crippen molar-refractivity contribution in [2.24, 2.45) is 0 Å². The van der Waals surface area contributed by atoms with Crippen molar-refractivity contribution in [1.82, 2.24) is 10.2 Å². The lowest BCUT2D eigenvalue weighted by atomic mass is 10.1. The molecule has 3 heteroatoms. The van der Waals surface area contributed by atoms with Gasteiger partial charge in [-0.15, -0.1) is 0 Å². The predicted octanol–water partition coefficient (Wildman–Crippen LogP) is 1.63. The summed E-state index contributed by atoms with van der Waals surface area (Å²) in [7, 11) is 1.86. The molecule has 0 unspecified atom stereocenters. The van der Waals surface area contributed by atoms with Gasteiger partial charge in [0.05, 0.1) is 0 Å². The molecule has 0 aliphatic heterocycles. The first kappa shape index (κ1) is 13.4. The molecule has 0 bridgehead atoms. The van der Waals surface area contributed by atoms with Crippen LogP contribution in [0.15, 0.2) is 0 Å². The van der Waals surface area contributed by atoms with Crippen molar-refractivity contribution in [3.05, 3.63) is 0 Å². The largest absolute Gasteiger partial charge is 0.346 e. The normalized spacial score (nSPS) is 11.5. The minimum absolute atomic E-state index is 0.174. The molecule has 0 rings (SSSR count). The fraction of sp³-hybridized carbons (Fsp3) is 0.909. The number of hydrogen-bond acceptors (Lipinski definition) is 2. The summed E-state index contributed by atoms with van der Waals surface area (Å²) in [6, 6.07) is 0. The number of carbonyl (C=O) groups excluding carboxylic acids is 1. The second-order valence-electron chi connectivity index (χ2n) is 4.70. The van der Waals surface area contributed by atoms with Gasteiger partial charge >= 0.3 is 0 Å². The Hall–Kier alpha value is -0.570. The zero-order chi connectivity index (χ0) is 11.2. The zero-order valence-corrected chi connectivity index (χ0v) is 10.2. The van der Waals surface area contributed by atoms with E-state index in [0.717, 1.165) is 19.5 Å². The standard InChI is InChI=1S/C11H24N2O/c1-6-10(14)13(5)9-7-8-12-11(2,3)4/h12H,6-9H2,1-5H3. The summed E-state index contributed by atoms with van der Waals surface area (Å²) < 4.78 is 0. The molecule has 1 amide bonds. The molecule has 0 fully saturated rings. The van der Waals surface area contributed by atoms with Crippen LogP contribution in [-0.2, 0) is 4.79 Å². The van der Waals surface area contributed by atoms with E-state index in [1.54, 1.807) is 4.90 Å². The summed E-state index contributed by atoms with van der Waals surface area (Å²) >= 11 is 0. The van der Waals surface area contributed by atoms with Crippen LogP contribution in [0, 0.1) is 0 Å². The molecular formula is C11H24N2O. The van der Waals surface area contributed by atoms with Crippen LogP contribution >= 0.6 is 0 Å². The molecule has 84 valence electrons. The Balaban J connectivity index is 3.50. The second-order valence-corrected chi connectivity index (χ2v) is 4.70. The molecule has 0 atom stereocenters. The van der Waals surface area contributed by atoms with Gasteiger partial charge in [0.25, 0.3) is 0 Å². The summed E-state index contributed by atoms with van der Waals surface area (Å²) in [5, 5.41) is 3.40. The van der Waals surface area contributed by atoms with E-state index in [-0.39, 0.29) is 11.4 Å². The molecule has 0 aromatic carbocycles. The van der Waals surface area contributed by atoms with Crippen LogP contribution < -0.4 is 5.32 Å². The molecule has 0 saturated carbocycles. The van der Waals surface area contributed by atoms with Gasteiger partial charge in [-0.3, -0.25) is 4.79 Å². The Morgan fingerprint density at radius 3 is 2.36 bits per heavy atom. The summed E-state index contributed by atoms with van der Waals surface area (Å²) in [4.78, 5) is 13.0. The number of hydrogen-bond donors (Lipinski definition) is 1. The van der Waals surface area contributed by atoms with E-state index in [1.807, 2.05) is 14.0 Å². The molecule has 14 heavy (non-hydrogen) atoms. The minimum atomic E-state index is 0.174. The van der Waals surface area contributed by atoms with Crippen molar-refractivity contribution in [2.45, 2.75) is 46.1 Å². The van der Waals surface area contributed by atoms with Crippen molar-refractivity contribution in [3.8, 4) is 0 Å².